The molecule has 0 aromatic heterocycles. The summed E-state index contributed by atoms with van der Waals surface area (Å²) in [5, 5.41) is 22.9. The van der Waals surface area contributed by atoms with Gasteiger partial charge in [-0.05, 0) is 19.3 Å². The van der Waals surface area contributed by atoms with Crippen molar-refractivity contribution in [3.63, 3.8) is 0 Å². The largest absolute Gasteiger partial charge is 0.394 e. The molecule has 0 saturated carbocycles. The molecule has 0 radical (unpaired) electrons. The fourth-order valence-electron chi connectivity index (χ4n) is 6.00. The fourth-order valence-corrected chi connectivity index (χ4v) is 6.00. The van der Waals surface area contributed by atoms with Crippen LogP contribution in [0.15, 0.2) is 12.2 Å². The summed E-state index contributed by atoms with van der Waals surface area (Å²) in [5.41, 5.74) is 0. The highest BCUT2D eigenvalue weighted by atomic mass is 16.3. The first-order chi connectivity index (χ1) is 21.2. The van der Waals surface area contributed by atoms with Gasteiger partial charge in [-0.15, -0.1) is 0 Å². The summed E-state index contributed by atoms with van der Waals surface area (Å²) in [4.78, 5) is 12.3. The van der Waals surface area contributed by atoms with Crippen LogP contribution >= 0.6 is 0 Å². The number of allylic oxidation sites excluding steroid dienone is 1. The molecule has 3 N–H and O–H groups in total. The first-order valence-electron chi connectivity index (χ1n) is 19.4. The van der Waals surface area contributed by atoms with Crippen LogP contribution in [0.5, 0.6) is 0 Å². The number of rotatable bonds is 35. The molecule has 43 heavy (non-hydrogen) atoms. The zero-order valence-electron chi connectivity index (χ0n) is 29.2. The van der Waals surface area contributed by atoms with Crippen molar-refractivity contribution >= 4 is 5.91 Å². The van der Waals surface area contributed by atoms with Crippen LogP contribution in [0.2, 0.25) is 0 Å². The molecule has 2 unspecified atom stereocenters. The number of amides is 1. The lowest BCUT2D eigenvalue weighted by Crippen LogP contribution is -2.45. The molecule has 4 nitrogen and oxygen atoms in total. The lowest BCUT2D eigenvalue weighted by atomic mass is 10.0. The first kappa shape index (κ1) is 42.1. The molecule has 1 amide bonds. The minimum absolute atomic E-state index is 0.0626. The van der Waals surface area contributed by atoms with Gasteiger partial charge in [-0.3, -0.25) is 4.79 Å². The highest BCUT2D eigenvalue weighted by Gasteiger charge is 2.17. The maximum Gasteiger partial charge on any atom is 0.220 e. The van der Waals surface area contributed by atoms with Crippen LogP contribution in [-0.4, -0.2) is 34.9 Å². The Morgan fingerprint density at radius 3 is 1.21 bits per heavy atom. The first-order valence-corrected chi connectivity index (χ1v) is 19.4. The number of hydrogen-bond donors (Lipinski definition) is 3. The number of aliphatic hydroxyl groups excluding tert-OH is 2. The van der Waals surface area contributed by atoms with E-state index in [0.717, 1.165) is 25.7 Å². The van der Waals surface area contributed by atoms with Crippen molar-refractivity contribution in [1.29, 1.82) is 0 Å². The Labute approximate surface area is 269 Å². The van der Waals surface area contributed by atoms with Crippen LogP contribution in [0.25, 0.3) is 0 Å². The van der Waals surface area contributed by atoms with Gasteiger partial charge in [-0.2, -0.15) is 0 Å². The number of aliphatic hydroxyl groups is 2. The predicted octanol–water partition coefficient (Wildman–Crippen LogP) is 11.5. The molecular formula is C39H77NO3. The van der Waals surface area contributed by atoms with Gasteiger partial charge in [0.25, 0.3) is 0 Å². The van der Waals surface area contributed by atoms with Gasteiger partial charge in [-0.1, -0.05) is 199 Å². The molecule has 256 valence electrons. The van der Waals surface area contributed by atoms with Crippen LogP contribution in [0, 0.1) is 0 Å². The van der Waals surface area contributed by atoms with Crippen LogP contribution in [0.1, 0.15) is 213 Å². The van der Waals surface area contributed by atoms with Crippen molar-refractivity contribution in [3.8, 4) is 0 Å². The van der Waals surface area contributed by atoms with E-state index in [2.05, 4.69) is 19.2 Å². The summed E-state index contributed by atoms with van der Waals surface area (Å²) < 4.78 is 0. The van der Waals surface area contributed by atoms with E-state index in [1.807, 2.05) is 6.08 Å². The van der Waals surface area contributed by atoms with Gasteiger partial charge in [-0.25, -0.2) is 0 Å². The summed E-state index contributed by atoms with van der Waals surface area (Å²) >= 11 is 0. The van der Waals surface area contributed by atoms with Crippen molar-refractivity contribution in [3.05, 3.63) is 12.2 Å². The topological polar surface area (TPSA) is 69.6 Å². The summed E-state index contributed by atoms with van der Waals surface area (Å²) in [6.45, 7) is 4.31. The van der Waals surface area contributed by atoms with E-state index in [4.69, 9.17) is 0 Å². The van der Waals surface area contributed by atoms with Crippen LogP contribution < -0.4 is 5.32 Å². The molecule has 0 heterocycles. The average molecular weight is 608 g/mol. The molecule has 0 fully saturated rings. The Bertz CT molecular complexity index is 579. The molecule has 0 saturated heterocycles. The average Bonchev–Trinajstić information content (AvgIpc) is 3.01. The van der Waals surface area contributed by atoms with Gasteiger partial charge >= 0.3 is 0 Å². The second-order valence-electron chi connectivity index (χ2n) is 13.4. The maximum absolute atomic E-state index is 12.3. The van der Waals surface area contributed by atoms with Crippen molar-refractivity contribution < 1.29 is 15.0 Å². The summed E-state index contributed by atoms with van der Waals surface area (Å²) in [5.74, 6) is -0.0626. The summed E-state index contributed by atoms with van der Waals surface area (Å²) in [6.07, 6.45) is 43.0. The Kier molecular flexibility index (Phi) is 34.9. The SMILES string of the molecule is CCCCCCCCCCCCCCCCCC/C=C/C(O)C(CO)NC(=O)CCCCCCCCCCCCCCC. The van der Waals surface area contributed by atoms with E-state index >= 15 is 0 Å². The molecule has 0 aromatic carbocycles. The molecule has 0 aliphatic rings. The van der Waals surface area contributed by atoms with Gasteiger partial charge in [0.15, 0.2) is 0 Å². The van der Waals surface area contributed by atoms with Gasteiger partial charge in [0.2, 0.25) is 5.91 Å². The third kappa shape index (κ3) is 32.3. The standard InChI is InChI=1S/C39H77NO3/c1-3-5-7-9-11-13-15-17-18-19-20-21-23-24-26-28-30-32-34-38(42)37(36-41)40-39(43)35-33-31-29-27-25-22-16-14-12-10-8-6-4-2/h32,34,37-38,41-42H,3-31,33,35-36H2,1-2H3,(H,40,43)/b34-32+. The lowest BCUT2D eigenvalue weighted by Gasteiger charge is -2.20. The summed E-state index contributed by atoms with van der Waals surface area (Å²) in [7, 11) is 0. The molecule has 0 rings (SSSR count). The van der Waals surface area contributed by atoms with Gasteiger partial charge in [0.05, 0.1) is 18.8 Å². The molecule has 0 spiro atoms. The molecule has 0 aliphatic carbocycles. The van der Waals surface area contributed by atoms with E-state index in [0.29, 0.717) is 6.42 Å². The molecule has 0 aromatic rings. The quantitative estimate of drug-likeness (QED) is 0.0496. The monoisotopic (exact) mass is 608 g/mol. The van der Waals surface area contributed by atoms with Crippen molar-refractivity contribution in [2.24, 2.45) is 0 Å². The maximum atomic E-state index is 12.3. The number of nitrogens with one attached hydrogen (secondary N) is 1. The van der Waals surface area contributed by atoms with E-state index in [1.54, 1.807) is 6.08 Å². The van der Waals surface area contributed by atoms with E-state index in [9.17, 15) is 15.0 Å². The number of carbonyl (C=O) groups excluding carboxylic acids is 1. The fraction of sp³-hybridized carbons (Fsp3) is 0.923. The molecule has 0 aliphatic heterocycles. The van der Waals surface area contributed by atoms with Crippen LogP contribution in [-0.2, 0) is 4.79 Å². The summed E-state index contributed by atoms with van der Waals surface area (Å²) in [6, 6.07) is -0.614. The molecular weight excluding hydrogens is 530 g/mol. The third-order valence-corrected chi connectivity index (χ3v) is 9.02. The number of unbranched alkanes of at least 4 members (excludes halogenated alkanes) is 28. The van der Waals surface area contributed by atoms with Crippen molar-refractivity contribution in [2.75, 3.05) is 6.61 Å². The molecule has 4 heteroatoms. The second-order valence-corrected chi connectivity index (χ2v) is 13.4. The Morgan fingerprint density at radius 1 is 0.535 bits per heavy atom. The second kappa shape index (κ2) is 35.6. The minimum atomic E-state index is -0.832. The van der Waals surface area contributed by atoms with Gasteiger partial charge in [0.1, 0.15) is 0 Å². The van der Waals surface area contributed by atoms with Crippen LogP contribution in [0.3, 0.4) is 0 Å². The van der Waals surface area contributed by atoms with E-state index < -0.39 is 12.1 Å². The highest BCUT2D eigenvalue weighted by Crippen LogP contribution is 2.15. The van der Waals surface area contributed by atoms with Crippen molar-refractivity contribution in [2.45, 2.75) is 225 Å². The Balaban J connectivity index is 3.57. The smallest absolute Gasteiger partial charge is 0.220 e. The van der Waals surface area contributed by atoms with Crippen LogP contribution in [0.4, 0.5) is 0 Å². The van der Waals surface area contributed by atoms with Gasteiger partial charge < -0.3 is 15.5 Å². The van der Waals surface area contributed by atoms with Gasteiger partial charge in [0, 0.05) is 6.42 Å². The Morgan fingerprint density at radius 2 is 0.860 bits per heavy atom. The zero-order valence-corrected chi connectivity index (χ0v) is 29.2. The highest BCUT2D eigenvalue weighted by molar-refractivity contribution is 5.76. The van der Waals surface area contributed by atoms with E-state index in [-0.39, 0.29) is 12.5 Å². The predicted molar refractivity (Wildman–Crippen MR) is 189 cm³/mol. The lowest BCUT2D eigenvalue weighted by molar-refractivity contribution is -0.123. The minimum Gasteiger partial charge on any atom is -0.394 e. The number of hydrogen-bond acceptors (Lipinski definition) is 3. The normalized spacial score (nSPS) is 13.1. The molecule has 2 atom stereocenters. The zero-order chi connectivity index (χ0) is 31.5. The Hall–Kier alpha value is -0.870. The van der Waals surface area contributed by atoms with Crippen molar-refractivity contribution in [1.82, 2.24) is 5.32 Å². The third-order valence-electron chi connectivity index (χ3n) is 9.02. The van der Waals surface area contributed by atoms with E-state index in [1.165, 1.54) is 167 Å². The molecule has 0 bridgehead atoms. The number of carbonyl (C=O) groups is 1.